The summed E-state index contributed by atoms with van der Waals surface area (Å²) in [6.07, 6.45) is 9.56. The van der Waals surface area contributed by atoms with E-state index in [4.69, 9.17) is 4.42 Å². The van der Waals surface area contributed by atoms with Gasteiger partial charge in [-0.2, -0.15) is 0 Å². The van der Waals surface area contributed by atoms with Crippen LogP contribution in [0.2, 0.25) is 0 Å². The molecule has 0 atom stereocenters. The molecule has 0 bridgehead atoms. The zero-order valence-corrected chi connectivity index (χ0v) is 12.5. The summed E-state index contributed by atoms with van der Waals surface area (Å²) in [7, 11) is 0. The number of ketones is 1. The van der Waals surface area contributed by atoms with Gasteiger partial charge in [0.1, 0.15) is 11.3 Å². The Labute approximate surface area is 119 Å². The van der Waals surface area contributed by atoms with E-state index >= 15 is 0 Å². The van der Waals surface area contributed by atoms with Gasteiger partial charge in [-0.3, -0.25) is 4.79 Å². The largest absolute Gasteiger partial charge is 0.427 e. The number of hydrogen-bond donors (Lipinski definition) is 0. The first-order valence-corrected chi connectivity index (χ1v) is 7.34. The van der Waals surface area contributed by atoms with Crippen LogP contribution in [0.1, 0.15) is 59.3 Å². The highest BCUT2D eigenvalue weighted by Gasteiger charge is 2.17. The standard InChI is InChI=1S/C17H22O3/c1-11-12(2)16(17(19)20-13(11)3)15(18)10-9-14-7-5-4-6-8-14/h9-10,14H,4-8H2,1-3H3/b10-9+. The summed E-state index contributed by atoms with van der Waals surface area (Å²) in [5, 5.41) is 0. The van der Waals surface area contributed by atoms with Crippen LogP contribution in [-0.4, -0.2) is 5.78 Å². The molecule has 0 aliphatic heterocycles. The Morgan fingerprint density at radius 3 is 2.40 bits per heavy atom. The molecule has 1 aromatic rings. The summed E-state index contributed by atoms with van der Waals surface area (Å²) in [5.41, 5.74) is 1.26. The molecule has 0 saturated heterocycles. The summed E-state index contributed by atoms with van der Waals surface area (Å²) in [6.45, 7) is 5.42. The average molecular weight is 274 g/mol. The molecule has 2 rings (SSSR count). The summed E-state index contributed by atoms with van der Waals surface area (Å²) in [5.74, 6) is 0.830. The highest BCUT2D eigenvalue weighted by molar-refractivity contribution is 6.05. The van der Waals surface area contributed by atoms with Gasteiger partial charge >= 0.3 is 5.63 Å². The summed E-state index contributed by atoms with van der Waals surface area (Å²) < 4.78 is 5.12. The smallest absolute Gasteiger partial charge is 0.347 e. The van der Waals surface area contributed by atoms with Gasteiger partial charge in [-0.05, 0) is 56.7 Å². The molecule has 1 saturated carbocycles. The van der Waals surface area contributed by atoms with Crippen molar-refractivity contribution in [1.29, 1.82) is 0 Å². The fourth-order valence-electron chi connectivity index (χ4n) is 2.79. The van der Waals surface area contributed by atoms with Crippen molar-refractivity contribution in [3.8, 4) is 0 Å². The maximum atomic E-state index is 12.2. The van der Waals surface area contributed by atoms with Gasteiger partial charge in [-0.25, -0.2) is 4.79 Å². The zero-order chi connectivity index (χ0) is 14.7. The number of carbonyl (C=O) groups is 1. The number of rotatable bonds is 3. The highest BCUT2D eigenvalue weighted by atomic mass is 16.4. The van der Waals surface area contributed by atoms with Crippen molar-refractivity contribution in [3.05, 3.63) is 45.0 Å². The van der Waals surface area contributed by atoms with Crippen molar-refractivity contribution in [2.24, 2.45) is 5.92 Å². The molecule has 0 N–H and O–H groups in total. The highest BCUT2D eigenvalue weighted by Crippen LogP contribution is 2.24. The Balaban J connectivity index is 2.23. The van der Waals surface area contributed by atoms with Crippen LogP contribution in [0.4, 0.5) is 0 Å². The maximum Gasteiger partial charge on any atom is 0.347 e. The molecule has 1 fully saturated rings. The fraction of sp³-hybridized carbons (Fsp3) is 0.529. The number of aryl methyl sites for hydroxylation is 1. The van der Waals surface area contributed by atoms with Crippen LogP contribution in [0.15, 0.2) is 21.4 Å². The molecule has 1 aliphatic rings. The van der Waals surface area contributed by atoms with Crippen molar-refractivity contribution in [1.82, 2.24) is 0 Å². The first-order valence-electron chi connectivity index (χ1n) is 7.34. The van der Waals surface area contributed by atoms with E-state index in [-0.39, 0.29) is 11.3 Å². The van der Waals surface area contributed by atoms with Gasteiger partial charge in [-0.15, -0.1) is 0 Å². The summed E-state index contributed by atoms with van der Waals surface area (Å²) in [6, 6.07) is 0. The average Bonchev–Trinajstić information content (AvgIpc) is 2.44. The Hall–Kier alpha value is -1.64. The minimum absolute atomic E-state index is 0.181. The van der Waals surface area contributed by atoms with E-state index < -0.39 is 5.63 Å². The fourth-order valence-corrected chi connectivity index (χ4v) is 2.79. The van der Waals surface area contributed by atoms with E-state index in [9.17, 15) is 9.59 Å². The van der Waals surface area contributed by atoms with Crippen LogP contribution in [0.5, 0.6) is 0 Å². The van der Waals surface area contributed by atoms with E-state index in [0.29, 0.717) is 11.7 Å². The van der Waals surface area contributed by atoms with E-state index in [1.54, 1.807) is 19.9 Å². The molecule has 1 heterocycles. The molecule has 20 heavy (non-hydrogen) atoms. The monoisotopic (exact) mass is 274 g/mol. The van der Waals surface area contributed by atoms with Crippen molar-refractivity contribution in [3.63, 3.8) is 0 Å². The van der Waals surface area contributed by atoms with E-state index in [2.05, 4.69) is 0 Å². The summed E-state index contributed by atoms with van der Waals surface area (Å²) >= 11 is 0. The van der Waals surface area contributed by atoms with Gasteiger partial charge < -0.3 is 4.42 Å². The molecule has 3 nitrogen and oxygen atoms in total. The Morgan fingerprint density at radius 2 is 1.75 bits per heavy atom. The van der Waals surface area contributed by atoms with Gasteiger partial charge in [0.15, 0.2) is 5.78 Å². The lowest BCUT2D eigenvalue weighted by atomic mass is 9.88. The minimum Gasteiger partial charge on any atom is -0.427 e. The van der Waals surface area contributed by atoms with E-state index in [0.717, 1.165) is 24.0 Å². The van der Waals surface area contributed by atoms with Crippen LogP contribution in [0.3, 0.4) is 0 Å². The number of hydrogen-bond acceptors (Lipinski definition) is 3. The second-order valence-corrected chi connectivity index (χ2v) is 5.69. The van der Waals surface area contributed by atoms with Crippen LogP contribution in [-0.2, 0) is 0 Å². The number of carbonyl (C=O) groups excluding carboxylic acids is 1. The van der Waals surface area contributed by atoms with Gasteiger partial charge in [0.05, 0.1) is 0 Å². The maximum absolute atomic E-state index is 12.2. The predicted octanol–water partition coefficient (Wildman–Crippen LogP) is 3.88. The van der Waals surface area contributed by atoms with Crippen molar-refractivity contribution in [2.75, 3.05) is 0 Å². The van der Waals surface area contributed by atoms with E-state index in [1.807, 2.05) is 13.0 Å². The Bertz CT molecular complexity index is 587. The first-order chi connectivity index (χ1) is 9.50. The van der Waals surface area contributed by atoms with Crippen molar-refractivity contribution < 1.29 is 9.21 Å². The Morgan fingerprint density at radius 1 is 1.10 bits per heavy atom. The molecule has 1 aliphatic carbocycles. The van der Waals surface area contributed by atoms with Gasteiger partial charge in [0.25, 0.3) is 0 Å². The van der Waals surface area contributed by atoms with Gasteiger partial charge in [0.2, 0.25) is 0 Å². The molecule has 0 amide bonds. The predicted molar refractivity (Wildman–Crippen MR) is 79.2 cm³/mol. The molecule has 0 aromatic carbocycles. The second kappa shape index (κ2) is 6.21. The molecular formula is C17H22O3. The van der Waals surface area contributed by atoms with Crippen LogP contribution in [0, 0.1) is 26.7 Å². The lowest BCUT2D eigenvalue weighted by Crippen LogP contribution is -2.17. The lowest BCUT2D eigenvalue weighted by Gasteiger charge is -2.17. The SMILES string of the molecule is Cc1oc(=O)c(C(=O)/C=C/C2CCCCC2)c(C)c1C. The number of allylic oxidation sites excluding steroid dienone is 2. The third kappa shape index (κ3) is 3.09. The summed E-state index contributed by atoms with van der Waals surface area (Å²) in [4.78, 5) is 24.1. The van der Waals surface area contributed by atoms with E-state index in [1.165, 1.54) is 19.3 Å². The molecule has 0 unspecified atom stereocenters. The first kappa shape index (κ1) is 14.8. The van der Waals surface area contributed by atoms with Gasteiger partial charge in [0, 0.05) is 0 Å². The second-order valence-electron chi connectivity index (χ2n) is 5.69. The Kier molecular flexibility index (Phi) is 4.58. The van der Waals surface area contributed by atoms with Gasteiger partial charge in [-0.1, -0.05) is 25.3 Å². The molecule has 0 spiro atoms. The van der Waals surface area contributed by atoms with Crippen molar-refractivity contribution in [2.45, 2.75) is 52.9 Å². The quantitative estimate of drug-likeness (QED) is 0.620. The zero-order valence-electron chi connectivity index (χ0n) is 12.5. The molecule has 0 radical (unpaired) electrons. The normalized spacial score (nSPS) is 16.8. The lowest BCUT2D eigenvalue weighted by molar-refractivity contribution is 0.104. The molecule has 1 aromatic heterocycles. The topological polar surface area (TPSA) is 47.3 Å². The minimum atomic E-state index is -0.524. The molecular weight excluding hydrogens is 252 g/mol. The van der Waals surface area contributed by atoms with Crippen molar-refractivity contribution >= 4 is 5.78 Å². The van der Waals surface area contributed by atoms with Crippen LogP contribution < -0.4 is 5.63 Å². The third-order valence-electron chi connectivity index (χ3n) is 4.33. The van der Waals surface area contributed by atoms with Crippen LogP contribution in [0.25, 0.3) is 0 Å². The van der Waals surface area contributed by atoms with Crippen LogP contribution >= 0.6 is 0 Å². The molecule has 108 valence electrons. The molecule has 3 heteroatoms. The third-order valence-corrected chi connectivity index (χ3v) is 4.33.